The Hall–Kier alpha value is -2.24. The molecule has 1 saturated carbocycles. The van der Waals surface area contributed by atoms with E-state index in [4.69, 9.17) is 5.11 Å². The number of hydrogen-bond donors (Lipinski definition) is 3. The van der Waals surface area contributed by atoms with E-state index in [0.29, 0.717) is 18.4 Å². The van der Waals surface area contributed by atoms with Gasteiger partial charge < -0.3 is 20.4 Å². The molecular weight excluding hydrogens is 260 g/mol. The van der Waals surface area contributed by atoms with Gasteiger partial charge in [-0.2, -0.15) is 0 Å². The second-order valence-electron chi connectivity index (χ2n) is 5.32. The number of aromatic carboxylic acids is 1. The number of hydrogen-bond acceptors (Lipinski definition) is 3. The van der Waals surface area contributed by atoms with Gasteiger partial charge in [-0.3, -0.25) is 0 Å². The Labute approximate surface area is 117 Å². The number of rotatable bonds is 4. The van der Waals surface area contributed by atoms with E-state index in [1.165, 1.54) is 12.1 Å². The summed E-state index contributed by atoms with van der Waals surface area (Å²) in [6.45, 7) is 2.80. The number of nitrogens with zero attached hydrogens (tertiary/aromatic N) is 1. The van der Waals surface area contributed by atoms with E-state index in [2.05, 4.69) is 12.2 Å². The molecule has 3 N–H and O–H groups in total. The second-order valence-corrected chi connectivity index (χ2v) is 5.32. The number of phenolic OH excluding ortho intramolecular Hbond substituents is 1. The molecule has 20 heavy (non-hydrogen) atoms. The highest BCUT2D eigenvalue weighted by molar-refractivity contribution is 6.00. The minimum Gasteiger partial charge on any atom is -0.508 e. The number of nitrogens with one attached hydrogen (secondary N) is 1. The van der Waals surface area contributed by atoms with Crippen molar-refractivity contribution in [3.05, 3.63) is 23.8 Å². The molecule has 0 spiro atoms. The van der Waals surface area contributed by atoms with Crippen LogP contribution < -0.4 is 5.32 Å². The number of amides is 2. The lowest BCUT2D eigenvalue weighted by molar-refractivity contribution is 0.0697. The van der Waals surface area contributed by atoms with E-state index in [0.717, 1.165) is 12.5 Å². The molecule has 0 saturated heterocycles. The van der Waals surface area contributed by atoms with Gasteiger partial charge >= 0.3 is 12.0 Å². The molecule has 1 aliphatic carbocycles. The molecule has 0 bridgehead atoms. The third-order valence-electron chi connectivity index (χ3n) is 3.61. The molecule has 0 heterocycles. The van der Waals surface area contributed by atoms with Crippen molar-refractivity contribution in [2.75, 3.05) is 18.9 Å². The molecule has 2 atom stereocenters. The molecule has 2 unspecified atom stereocenters. The first-order chi connectivity index (χ1) is 9.38. The van der Waals surface area contributed by atoms with Crippen molar-refractivity contribution < 1.29 is 19.8 Å². The Morgan fingerprint density at radius 1 is 1.45 bits per heavy atom. The van der Waals surface area contributed by atoms with Crippen molar-refractivity contribution in [3.63, 3.8) is 0 Å². The summed E-state index contributed by atoms with van der Waals surface area (Å²) < 4.78 is 0. The molecule has 2 amide bonds. The van der Waals surface area contributed by atoms with E-state index in [9.17, 15) is 14.7 Å². The fourth-order valence-corrected chi connectivity index (χ4v) is 2.12. The zero-order valence-corrected chi connectivity index (χ0v) is 11.5. The first-order valence-electron chi connectivity index (χ1n) is 6.47. The van der Waals surface area contributed by atoms with E-state index in [-0.39, 0.29) is 23.0 Å². The Bertz CT molecular complexity index is 544. The number of phenols is 1. The predicted molar refractivity (Wildman–Crippen MR) is 74.0 cm³/mol. The third-order valence-corrected chi connectivity index (χ3v) is 3.61. The van der Waals surface area contributed by atoms with Crippen LogP contribution in [0.5, 0.6) is 5.75 Å². The number of urea groups is 1. The maximum Gasteiger partial charge on any atom is 0.337 e. The molecule has 1 fully saturated rings. The number of anilines is 1. The quantitative estimate of drug-likeness (QED) is 0.736. The van der Waals surface area contributed by atoms with Gasteiger partial charge in [0.25, 0.3) is 0 Å². The summed E-state index contributed by atoms with van der Waals surface area (Å²) in [4.78, 5) is 24.6. The van der Waals surface area contributed by atoms with Crippen molar-refractivity contribution in [3.8, 4) is 5.75 Å². The lowest BCUT2D eigenvalue weighted by atomic mass is 10.1. The van der Waals surface area contributed by atoms with Gasteiger partial charge in [-0.1, -0.05) is 6.92 Å². The van der Waals surface area contributed by atoms with E-state index in [1.54, 1.807) is 11.9 Å². The Kier molecular flexibility index (Phi) is 3.83. The largest absolute Gasteiger partial charge is 0.508 e. The van der Waals surface area contributed by atoms with Crippen LogP contribution in [0.2, 0.25) is 0 Å². The van der Waals surface area contributed by atoms with Crippen molar-refractivity contribution in [2.45, 2.75) is 13.3 Å². The van der Waals surface area contributed by atoms with Crippen LogP contribution in [-0.4, -0.2) is 40.7 Å². The lowest BCUT2D eigenvalue weighted by Gasteiger charge is -2.18. The molecule has 1 aromatic carbocycles. The fraction of sp³-hybridized carbons (Fsp3) is 0.429. The number of carboxylic acid groups (broad SMARTS) is 1. The maximum absolute atomic E-state index is 12.0. The van der Waals surface area contributed by atoms with E-state index < -0.39 is 5.97 Å². The van der Waals surface area contributed by atoms with Gasteiger partial charge in [-0.25, -0.2) is 9.59 Å². The highest BCUT2D eigenvalue weighted by Gasteiger charge is 2.34. The lowest BCUT2D eigenvalue weighted by Crippen LogP contribution is -2.33. The van der Waals surface area contributed by atoms with Crippen molar-refractivity contribution in [1.82, 2.24) is 4.90 Å². The monoisotopic (exact) mass is 278 g/mol. The van der Waals surface area contributed by atoms with Crippen LogP contribution in [0, 0.1) is 11.8 Å². The minimum absolute atomic E-state index is 0.133. The van der Waals surface area contributed by atoms with Crippen LogP contribution in [0.1, 0.15) is 23.7 Å². The molecule has 1 aromatic rings. The first kappa shape index (κ1) is 14.2. The van der Waals surface area contributed by atoms with Crippen LogP contribution in [-0.2, 0) is 0 Å². The molecule has 108 valence electrons. The zero-order chi connectivity index (χ0) is 14.9. The SMILES string of the molecule is CC1CC1CN(C)C(=O)Nc1ccc(O)cc1C(=O)O. The van der Waals surface area contributed by atoms with Crippen molar-refractivity contribution in [2.24, 2.45) is 11.8 Å². The average Bonchev–Trinajstić information content (AvgIpc) is 3.06. The molecular formula is C14H18N2O4. The number of carbonyl (C=O) groups is 2. The van der Waals surface area contributed by atoms with Gasteiger partial charge in [0, 0.05) is 13.6 Å². The van der Waals surface area contributed by atoms with Gasteiger partial charge in [0.2, 0.25) is 0 Å². The summed E-state index contributed by atoms with van der Waals surface area (Å²) in [5, 5.41) is 20.9. The molecule has 1 aliphatic rings. The smallest absolute Gasteiger partial charge is 0.337 e. The van der Waals surface area contributed by atoms with Gasteiger partial charge in [0.15, 0.2) is 0 Å². The maximum atomic E-state index is 12.0. The minimum atomic E-state index is -1.20. The Balaban J connectivity index is 2.05. The fourth-order valence-electron chi connectivity index (χ4n) is 2.12. The summed E-state index contributed by atoms with van der Waals surface area (Å²) in [5.41, 5.74) is 0.0440. The molecule has 0 radical (unpaired) electrons. The van der Waals surface area contributed by atoms with E-state index >= 15 is 0 Å². The summed E-state index contributed by atoms with van der Waals surface area (Å²) in [7, 11) is 1.68. The summed E-state index contributed by atoms with van der Waals surface area (Å²) >= 11 is 0. The molecule has 0 aliphatic heterocycles. The summed E-state index contributed by atoms with van der Waals surface area (Å²) in [6, 6.07) is 3.48. The van der Waals surface area contributed by atoms with Crippen LogP contribution in [0.3, 0.4) is 0 Å². The molecule has 6 heteroatoms. The zero-order valence-electron chi connectivity index (χ0n) is 11.5. The normalized spacial score (nSPS) is 20.3. The molecule has 6 nitrogen and oxygen atoms in total. The predicted octanol–water partition coefficient (Wildman–Crippen LogP) is 2.21. The highest BCUT2D eigenvalue weighted by Crippen LogP contribution is 2.38. The average molecular weight is 278 g/mol. The first-order valence-corrected chi connectivity index (χ1v) is 6.47. The third kappa shape index (κ3) is 3.20. The standard InChI is InChI=1S/C14H18N2O4/c1-8-5-9(8)7-16(2)14(20)15-12-4-3-10(17)6-11(12)13(18)19/h3-4,6,8-9,17H,5,7H2,1-2H3,(H,15,20)(H,18,19). The van der Waals surface area contributed by atoms with E-state index in [1.807, 2.05) is 0 Å². The van der Waals surface area contributed by atoms with Gasteiger partial charge in [-0.15, -0.1) is 0 Å². The van der Waals surface area contributed by atoms with Crippen molar-refractivity contribution >= 4 is 17.7 Å². The topological polar surface area (TPSA) is 89.9 Å². The summed E-state index contributed by atoms with van der Waals surface area (Å²) in [6.07, 6.45) is 1.12. The van der Waals surface area contributed by atoms with Crippen molar-refractivity contribution in [1.29, 1.82) is 0 Å². The van der Waals surface area contributed by atoms with Crippen LogP contribution in [0.4, 0.5) is 10.5 Å². The second kappa shape index (κ2) is 5.40. The summed E-state index contributed by atoms with van der Waals surface area (Å²) in [5.74, 6) is -0.173. The molecule has 2 rings (SSSR count). The number of carboxylic acids is 1. The highest BCUT2D eigenvalue weighted by atomic mass is 16.4. The Morgan fingerprint density at radius 3 is 2.65 bits per heavy atom. The number of carbonyl (C=O) groups excluding carboxylic acids is 1. The van der Waals surface area contributed by atoms with Gasteiger partial charge in [-0.05, 0) is 36.5 Å². The Morgan fingerprint density at radius 2 is 2.10 bits per heavy atom. The molecule has 0 aromatic heterocycles. The van der Waals surface area contributed by atoms with Gasteiger partial charge in [0.1, 0.15) is 5.75 Å². The van der Waals surface area contributed by atoms with Gasteiger partial charge in [0.05, 0.1) is 11.3 Å². The number of aromatic hydroxyl groups is 1. The van der Waals surface area contributed by atoms with Crippen LogP contribution in [0.25, 0.3) is 0 Å². The number of benzene rings is 1. The van der Waals surface area contributed by atoms with Crippen LogP contribution >= 0.6 is 0 Å². The van der Waals surface area contributed by atoms with Crippen LogP contribution in [0.15, 0.2) is 18.2 Å².